The van der Waals surface area contributed by atoms with Gasteiger partial charge in [-0.15, -0.1) is 0 Å². The highest BCUT2D eigenvalue weighted by Crippen LogP contribution is 2.35. The van der Waals surface area contributed by atoms with E-state index >= 15 is 0 Å². The molecular formula is C15H12ClF4NO2S. The Morgan fingerprint density at radius 3 is 2.38 bits per heavy atom. The highest BCUT2D eigenvalue weighted by atomic mass is 35.5. The number of hydrogen-bond acceptors (Lipinski definition) is 2. The first-order valence-electron chi connectivity index (χ1n) is 6.71. The Kier molecular flexibility index (Phi) is 5.52. The quantitative estimate of drug-likeness (QED) is 0.795. The van der Waals surface area contributed by atoms with Crippen molar-refractivity contribution in [1.29, 1.82) is 0 Å². The smallest absolute Gasteiger partial charge is 0.211 e. The molecule has 2 aromatic carbocycles. The first-order valence-corrected chi connectivity index (χ1v) is 8.57. The fourth-order valence-electron chi connectivity index (χ4n) is 2.06. The second-order valence-electron chi connectivity index (χ2n) is 4.88. The molecule has 0 aliphatic heterocycles. The van der Waals surface area contributed by atoms with Gasteiger partial charge in [-0.25, -0.2) is 17.5 Å². The number of benzene rings is 2. The SMILES string of the molecule is O=S(=O)(NCCc1ccccc1F)c1ccc(Cl)cc1C(F)(F)F. The summed E-state index contributed by atoms with van der Waals surface area (Å²) in [5.41, 5.74) is -1.10. The molecule has 0 unspecified atom stereocenters. The minimum absolute atomic E-state index is 0.000838. The summed E-state index contributed by atoms with van der Waals surface area (Å²) < 4.78 is 78.8. The number of halogens is 5. The third-order valence-corrected chi connectivity index (χ3v) is 4.94. The highest BCUT2D eigenvalue weighted by Gasteiger charge is 2.37. The molecule has 130 valence electrons. The van der Waals surface area contributed by atoms with Crippen molar-refractivity contribution in [3.05, 3.63) is 64.4 Å². The van der Waals surface area contributed by atoms with Gasteiger partial charge in [0.05, 0.1) is 10.5 Å². The largest absolute Gasteiger partial charge is 0.417 e. The van der Waals surface area contributed by atoms with Crippen LogP contribution in [-0.4, -0.2) is 15.0 Å². The third kappa shape index (κ3) is 4.46. The summed E-state index contributed by atoms with van der Waals surface area (Å²) in [4.78, 5) is -0.923. The van der Waals surface area contributed by atoms with Crippen molar-refractivity contribution in [2.24, 2.45) is 0 Å². The topological polar surface area (TPSA) is 46.2 Å². The van der Waals surface area contributed by atoms with E-state index in [9.17, 15) is 26.0 Å². The number of nitrogens with one attached hydrogen (secondary N) is 1. The average Bonchev–Trinajstić information content (AvgIpc) is 2.48. The molecule has 0 spiro atoms. The first-order chi connectivity index (χ1) is 11.1. The fourth-order valence-corrected chi connectivity index (χ4v) is 3.47. The molecule has 9 heteroatoms. The van der Waals surface area contributed by atoms with Crippen LogP contribution < -0.4 is 4.72 Å². The van der Waals surface area contributed by atoms with Crippen LogP contribution in [0.2, 0.25) is 5.02 Å². The van der Waals surface area contributed by atoms with E-state index in [2.05, 4.69) is 0 Å². The van der Waals surface area contributed by atoms with Gasteiger partial charge in [-0.1, -0.05) is 29.8 Å². The molecule has 2 aromatic rings. The van der Waals surface area contributed by atoms with Gasteiger partial charge in [0.1, 0.15) is 5.82 Å². The summed E-state index contributed by atoms with van der Waals surface area (Å²) >= 11 is 5.52. The van der Waals surface area contributed by atoms with E-state index in [1.165, 1.54) is 18.2 Å². The molecule has 0 aliphatic rings. The number of alkyl halides is 3. The molecule has 3 nitrogen and oxygen atoms in total. The van der Waals surface area contributed by atoms with Gasteiger partial charge in [0.25, 0.3) is 0 Å². The maximum Gasteiger partial charge on any atom is 0.417 e. The number of hydrogen-bond donors (Lipinski definition) is 1. The molecule has 0 saturated carbocycles. The van der Waals surface area contributed by atoms with Crippen molar-refractivity contribution in [3.63, 3.8) is 0 Å². The minimum atomic E-state index is -4.87. The summed E-state index contributed by atoms with van der Waals surface area (Å²) in [5, 5.41) is -0.229. The van der Waals surface area contributed by atoms with Crippen LogP contribution >= 0.6 is 11.6 Å². The summed E-state index contributed by atoms with van der Waals surface area (Å²) in [5.74, 6) is -0.515. The molecule has 0 amide bonds. The number of rotatable bonds is 5. The van der Waals surface area contributed by atoms with Crippen LogP contribution in [0.15, 0.2) is 47.4 Å². The summed E-state index contributed by atoms with van der Waals surface area (Å²) in [6.45, 7) is -0.247. The van der Waals surface area contributed by atoms with Gasteiger partial charge in [0, 0.05) is 11.6 Å². The lowest BCUT2D eigenvalue weighted by molar-refractivity contribution is -0.139. The zero-order chi connectivity index (χ0) is 18.0. The van der Waals surface area contributed by atoms with Crippen LogP contribution in [0.1, 0.15) is 11.1 Å². The Hall–Kier alpha value is -1.64. The van der Waals surface area contributed by atoms with E-state index < -0.39 is 32.5 Å². The Morgan fingerprint density at radius 1 is 1.08 bits per heavy atom. The maximum atomic E-state index is 13.5. The van der Waals surface area contributed by atoms with E-state index in [-0.39, 0.29) is 23.6 Å². The molecular weight excluding hydrogens is 370 g/mol. The lowest BCUT2D eigenvalue weighted by Crippen LogP contribution is -2.28. The summed E-state index contributed by atoms with van der Waals surface area (Å²) in [7, 11) is -4.42. The molecule has 0 atom stereocenters. The second-order valence-corrected chi connectivity index (χ2v) is 7.05. The van der Waals surface area contributed by atoms with Crippen LogP contribution in [0.4, 0.5) is 17.6 Å². The van der Waals surface area contributed by atoms with Crippen molar-refractivity contribution in [2.45, 2.75) is 17.5 Å². The van der Waals surface area contributed by atoms with Crippen molar-refractivity contribution in [1.82, 2.24) is 4.72 Å². The van der Waals surface area contributed by atoms with Crippen LogP contribution in [-0.2, 0) is 22.6 Å². The normalized spacial score (nSPS) is 12.4. The first kappa shape index (κ1) is 18.7. The molecule has 2 rings (SSSR count). The van der Waals surface area contributed by atoms with Crippen LogP contribution in [0.25, 0.3) is 0 Å². The van der Waals surface area contributed by atoms with Gasteiger partial charge in [-0.2, -0.15) is 13.2 Å². The Labute approximate surface area is 141 Å². The van der Waals surface area contributed by atoms with Gasteiger partial charge < -0.3 is 0 Å². The summed E-state index contributed by atoms with van der Waals surface area (Å²) in [6.07, 6.45) is -4.87. The Bertz CT molecular complexity index is 838. The van der Waals surface area contributed by atoms with Crippen LogP contribution in [0.5, 0.6) is 0 Å². The van der Waals surface area contributed by atoms with E-state index in [0.29, 0.717) is 6.07 Å². The van der Waals surface area contributed by atoms with E-state index in [0.717, 1.165) is 12.1 Å². The molecule has 1 N–H and O–H groups in total. The average molecular weight is 382 g/mol. The second kappa shape index (κ2) is 7.08. The van der Waals surface area contributed by atoms with Gasteiger partial charge in [-0.05, 0) is 36.2 Å². The van der Waals surface area contributed by atoms with Gasteiger partial charge in [0.15, 0.2) is 0 Å². The van der Waals surface area contributed by atoms with Gasteiger partial charge in [0.2, 0.25) is 10.0 Å². The third-order valence-electron chi connectivity index (χ3n) is 3.18. The zero-order valence-corrected chi connectivity index (χ0v) is 13.6. The van der Waals surface area contributed by atoms with E-state index in [1.807, 2.05) is 4.72 Å². The van der Waals surface area contributed by atoms with Crippen molar-refractivity contribution in [3.8, 4) is 0 Å². The van der Waals surface area contributed by atoms with E-state index in [1.54, 1.807) is 6.07 Å². The molecule has 0 aromatic heterocycles. The highest BCUT2D eigenvalue weighted by molar-refractivity contribution is 7.89. The molecule has 0 bridgehead atoms. The lowest BCUT2D eigenvalue weighted by Gasteiger charge is -2.14. The Morgan fingerprint density at radius 2 is 1.75 bits per heavy atom. The van der Waals surface area contributed by atoms with Crippen LogP contribution in [0, 0.1) is 5.82 Å². The van der Waals surface area contributed by atoms with Crippen molar-refractivity contribution < 1.29 is 26.0 Å². The zero-order valence-electron chi connectivity index (χ0n) is 12.1. The molecule has 0 radical (unpaired) electrons. The monoisotopic (exact) mass is 381 g/mol. The fraction of sp³-hybridized carbons (Fsp3) is 0.200. The summed E-state index contributed by atoms with van der Waals surface area (Å²) in [6, 6.07) is 8.13. The predicted molar refractivity (Wildman–Crippen MR) is 81.7 cm³/mol. The molecule has 0 saturated heterocycles. The maximum absolute atomic E-state index is 13.5. The standard InChI is InChI=1S/C15H12ClF4NO2S/c16-11-5-6-14(12(9-11)15(18,19)20)24(22,23)21-8-7-10-3-1-2-4-13(10)17/h1-6,9,21H,7-8H2. The predicted octanol–water partition coefficient (Wildman–Crippen LogP) is 4.02. The van der Waals surface area contributed by atoms with Crippen molar-refractivity contribution >= 4 is 21.6 Å². The molecule has 0 aliphatic carbocycles. The lowest BCUT2D eigenvalue weighted by atomic mass is 10.1. The molecule has 24 heavy (non-hydrogen) atoms. The molecule has 0 heterocycles. The van der Waals surface area contributed by atoms with Crippen LogP contribution in [0.3, 0.4) is 0 Å². The Balaban J connectivity index is 2.21. The number of sulfonamides is 1. The molecule has 0 fully saturated rings. The van der Waals surface area contributed by atoms with Gasteiger partial charge >= 0.3 is 6.18 Å². The van der Waals surface area contributed by atoms with E-state index in [4.69, 9.17) is 11.6 Å². The minimum Gasteiger partial charge on any atom is -0.211 e. The van der Waals surface area contributed by atoms with Gasteiger partial charge in [-0.3, -0.25) is 0 Å². The van der Waals surface area contributed by atoms with Crippen molar-refractivity contribution in [2.75, 3.05) is 6.54 Å².